The number of hydrogen-bond donors (Lipinski definition) is 8. The van der Waals surface area contributed by atoms with Crippen LogP contribution in [-0.2, 0) is 25.8 Å². The van der Waals surface area contributed by atoms with Gasteiger partial charge in [-0.25, -0.2) is 9.97 Å². The number of nitrogens with two attached hydrogens (primary N) is 2. The van der Waals surface area contributed by atoms with Crippen LogP contribution in [0.5, 0.6) is 5.75 Å². The summed E-state index contributed by atoms with van der Waals surface area (Å²) in [5.41, 5.74) is 25.8. The number of benzene rings is 8. The monoisotopic (exact) mass is 1130 g/mol. The van der Waals surface area contributed by atoms with Crippen molar-refractivity contribution in [2.75, 3.05) is 38.4 Å². The molecule has 6 aromatic heterocycles. The average molecular weight is 1130 g/mol. The molecule has 19 heteroatoms. The Morgan fingerprint density at radius 3 is 1.73 bits per heavy atom. The predicted octanol–water partition coefficient (Wildman–Crippen LogP) is 11.5. The molecule has 0 saturated carbocycles. The molecule has 0 unspecified atom stereocenters. The van der Waals surface area contributed by atoms with Crippen LogP contribution in [0.25, 0.3) is 111 Å². The molecule has 0 amide bonds. The lowest BCUT2D eigenvalue weighted by atomic mass is 9.99. The number of hydrogen-bond acceptors (Lipinski definition) is 14. The minimum Gasteiger partial charge on any atom is -0.497 e. The van der Waals surface area contributed by atoms with Crippen molar-refractivity contribution in [3.05, 3.63) is 215 Å². The Labute approximate surface area is 485 Å². The summed E-state index contributed by atoms with van der Waals surface area (Å²) in [5, 5.41) is 57.5. The molecule has 422 valence electrons. The molecule has 0 saturated heterocycles. The highest BCUT2D eigenvalue weighted by Gasteiger charge is 2.21. The number of ether oxygens (including phenoxy) is 1. The van der Waals surface area contributed by atoms with Gasteiger partial charge >= 0.3 is 5.69 Å². The Kier molecular flexibility index (Phi) is 15.4. The van der Waals surface area contributed by atoms with Gasteiger partial charge in [0.2, 0.25) is 0 Å². The second-order valence-electron chi connectivity index (χ2n) is 20.3. The van der Waals surface area contributed by atoms with E-state index in [4.69, 9.17) is 36.4 Å². The van der Waals surface area contributed by atoms with E-state index in [2.05, 4.69) is 103 Å². The van der Waals surface area contributed by atoms with Crippen molar-refractivity contribution in [2.24, 2.45) is 0 Å². The molecule has 0 aliphatic rings. The molecule has 19 nitrogen and oxygen atoms in total. The summed E-state index contributed by atoms with van der Waals surface area (Å²) < 4.78 is 7.36. The summed E-state index contributed by atoms with van der Waals surface area (Å²) in [7, 11) is 1.67. The number of nitrogens with zero attached hydrogens (tertiary/aromatic N) is 8. The van der Waals surface area contributed by atoms with Gasteiger partial charge in [-0.2, -0.15) is 10.2 Å². The molecule has 8 aromatic carbocycles. The molecule has 85 heavy (non-hydrogen) atoms. The number of fused-ring (bicyclic) bond motifs is 6. The summed E-state index contributed by atoms with van der Waals surface area (Å²) in [6, 6.07) is 52.3. The van der Waals surface area contributed by atoms with Crippen LogP contribution in [0, 0.1) is 10.1 Å². The third-order valence-electron chi connectivity index (χ3n) is 15.1. The van der Waals surface area contributed by atoms with E-state index in [-0.39, 0.29) is 43.3 Å². The number of aliphatic hydroxyl groups excluding tert-OH is 3. The number of anilines is 2. The molecular weight excluding hydrogens is 1070 g/mol. The fraction of sp³-hybridized carbons (Fsp3) is 0.121. The van der Waals surface area contributed by atoms with E-state index in [9.17, 15) is 20.3 Å². The van der Waals surface area contributed by atoms with Crippen LogP contribution in [0.15, 0.2) is 183 Å². The number of H-pyrrole nitrogens is 3. The molecule has 0 radical (unpaired) electrons. The van der Waals surface area contributed by atoms with E-state index >= 15 is 0 Å². The first-order valence-electron chi connectivity index (χ1n) is 27.5. The summed E-state index contributed by atoms with van der Waals surface area (Å²) in [4.78, 5) is 35.6. The van der Waals surface area contributed by atoms with Crippen molar-refractivity contribution in [1.82, 2.24) is 49.9 Å². The first-order chi connectivity index (χ1) is 41.6. The van der Waals surface area contributed by atoms with Gasteiger partial charge in [0.15, 0.2) is 11.6 Å². The molecule has 0 aliphatic heterocycles. The highest BCUT2D eigenvalue weighted by molar-refractivity contribution is 6.03. The van der Waals surface area contributed by atoms with Crippen LogP contribution in [0.2, 0.25) is 0 Å². The van der Waals surface area contributed by atoms with Crippen molar-refractivity contribution in [1.29, 1.82) is 0 Å². The van der Waals surface area contributed by atoms with Crippen LogP contribution >= 0.6 is 0 Å². The van der Waals surface area contributed by atoms with E-state index in [0.29, 0.717) is 36.6 Å². The van der Waals surface area contributed by atoms with Gasteiger partial charge in [0.1, 0.15) is 28.5 Å². The Balaban J connectivity index is 0.000000139. The SMILES string of the molecule is COc1ccc(Cn2nc(-c3nc4c(CCO)cccc4[nH]3)c3cc(-c4cncc5ccccc45)ccc32)cc1.Nc1ccc(CCO)c(N)c1[N+](=O)[O-].OCCc1cccc2[nH]c(-c3n[nH]c4ccc(-c5cncc6ccccc56)cc34)nc12. The number of imidazole rings is 2. The van der Waals surface area contributed by atoms with Crippen LogP contribution in [0.3, 0.4) is 0 Å². The van der Waals surface area contributed by atoms with Crippen LogP contribution in [0.1, 0.15) is 22.3 Å². The molecule has 6 heterocycles. The van der Waals surface area contributed by atoms with Gasteiger partial charge in [-0.15, -0.1) is 0 Å². The number of aromatic amines is 3. The Hall–Kier alpha value is -10.9. The second-order valence-corrected chi connectivity index (χ2v) is 20.3. The maximum absolute atomic E-state index is 10.6. The summed E-state index contributed by atoms with van der Waals surface area (Å²) in [6.07, 6.45) is 9.02. The van der Waals surface area contributed by atoms with Gasteiger partial charge in [-0.1, -0.05) is 103 Å². The number of methoxy groups -OCH3 is 1. The van der Waals surface area contributed by atoms with E-state index in [1.165, 1.54) is 11.5 Å². The molecule has 0 fully saturated rings. The Bertz CT molecular complexity index is 4750. The minimum atomic E-state index is -0.620. The topological polar surface area (TPSA) is 295 Å². The molecule has 0 aliphatic carbocycles. The number of nitrogen functional groups attached to an aromatic ring is 2. The average Bonchev–Trinajstić information content (AvgIpc) is 4.08. The van der Waals surface area contributed by atoms with Gasteiger partial charge in [0.25, 0.3) is 0 Å². The lowest BCUT2D eigenvalue weighted by molar-refractivity contribution is -0.383. The van der Waals surface area contributed by atoms with Crippen LogP contribution < -0.4 is 16.2 Å². The maximum atomic E-state index is 10.6. The normalized spacial score (nSPS) is 11.3. The van der Waals surface area contributed by atoms with Crippen molar-refractivity contribution in [3.8, 4) is 51.0 Å². The van der Waals surface area contributed by atoms with Crippen molar-refractivity contribution < 1.29 is 25.0 Å². The maximum Gasteiger partial charge on any atom is 0.315 e. The van der Waals surface area contributed by atoms with Gasteiger partial charge in [-0.3, -0.25) is 29.9 Å². The van der Waals surface area contributed by atoms with E-state index in [1.54, 1.807) is 13.2 Å². The fourth-order valence-corrected chi connectivity index (χ4v) is 10.9. The Morgan fingerprint density at radius 1 is 0.576 bits per heavy atom. The third kappa shape index (κ3) is 10.9. The van der Waals surface area contributed by atoms with Crippen molar-refractivity contribution in [3.63, 3.8) is 0 Å². The fourth-order valence-electron chi connectivity index (χ4n) is 10.9. The molecule has 0 bridgehead atoms. The van der Waals surface area contributed by atoms with E-state index < -0.39 is 4.92 Å². The lowest BCUT2D eigenvalue weighted by Crippen LogP contribution is -2.05. The standard InChI is InChI=1S/C33H27N5O2.C25H19N5O.C8H11N3O3/c1-40-25-12-9-21(10-13-25)20-38-30-14-11-23(28-19-34-18-24-5-2-3-7-26(24)28)17-27(30)32(37-38)33-35-29-8-4-6-22(15-16-39)31(29)36-33;31-11-10-15-5-3-7-22-23(15)28-25(27-22)24-19-12-16(8-9-21(19)29-30-24)20-14-26-13-17-4-1-2-6-18(17)20;9-6-2-1-5(3-4-12)7(10)8(6)11(13)14/h2-14,17-19,39H,15-16,20H2,1H3,(H,35,36);1-9,12-14,31H,10-11H2,(H,27,28)(H,29,30);1-2,12H,3-4,9-10H2. The highest BCUT2D eigenvalue weighted by atomic mass is 16.6. The number of rotatable bonds is 14. The number of aromatic nitrogens is 10. The van der Waals surface area contributed by atoms with Gasteiger partial charge in [-0.05, 0) is 118 Å². The smallest absolute Gasteiger partial charge is 0.315 e. The molecule has 10 N–H and O–H groups in total. The van der Waals surface area contributed by atoms with Crippen molar-refractivity contribution >= 4 is 82.5 Å². The van der Waals surface area contributed by atoms with E-state index in [0.717, 1.165) is 116 Å². The second kappa shape index (κ2) is 23.9. The molecular formula is C66H57N13O6. The first-order valence-corrected chi connectivity index (χ1v) is 27.5. The van der Waals surface area contributed by atoms with Crippen molar-refractivity contribution in [2.45, 2.75) is 25.8 Å². The van der Waals surface area contributed by atoms with Crippen LogP contribution in [-0.4, -0.2) is 97.1 Å². The van der Waals surface area contributed by atoms with Gasteiger partial charge in [0.05, 0.1) is 51.7 Å². The van der Waals surface area contributed by atoms with Crippen LogP contribution in [0.4, 0.5) is 17.1 Å². The Morgan fingerprint density at radius 2 is 1.14 bits per heavy atom. The zero-order chi connectivity index (χ0) is 58.6. The van der Waals surface area contributed by atoms with Gasteiger partial charge < -0.3 is 41.5 Å². The number of nitrogens with one attached hydrogen (secondary N) is 3. The number of para-hydroxylation sites is 2. The zero-order valence-electron chi connectivity index (χ0n) is 46.1. The third-order valence-corrected chi connectivity index (χ3v) is 15.1. The van der Waals surface area contributed by atoms with Gasteiger partial charge in [0, 0.05) is 77.3 Å². The minimum absolute atomic E-state index is 0.0315. The molecule has 14 rings (SSSR count). The van der Waals surface area contributed by atoms with E-state index in [1.807, 2.05) is 102 Å². The predicted molar refractivity (Wildman–Crippen MR) is 334 cm³/mol. The highest BCUT2D eigenvalue weighted by Crippen LogP contribution is 2.37. The quantitative estimate of drug-likeness (QED) is 0.0285. The number of nitro groups is 1. The molecule has 0 atom stereocenters. The zero-order valence-corrected chi connectivity index (χ0v) is 46.1. The number of nitro benzene ring substituents is 1. The largest absolute Gasteiger partial charge is 0.497 e. The first kappa shape index (κ1) is 54.7. The number of pyridine rings is 2. The number of aliphatic hydroxyl groups is 3. The lowest BCUT2D eigenvalue weighted by Gasteiger charge is -2.08. The molecule has 14 aromatic rings. The summed E-state index contributed by atoms with van der Waals surface area (Å²) >= 11 is 0. The summed E-state index contributed by atoms with van der Waals surface area (Å²) in [5.74, 6) is 2.23. The summed E-state index contributed by atoms with van der Waals surface area (Å²) in [6.45, 7) is 0.662. The molecule has 0 spiro atoms.